The Morgan fingerprint density at radius 3 is 3.05 bits per heavy atom. The maximum atomic E-state index is 12.1. The van der Waals surface area contributed by atoms with E-state index in [1.54, 1.807) is 18.2 Å². The van der Waals surface area contributed by atoms with Crippen LogP contribution < -0.4 is 15.8 Å². The van der Waals surface area contributed by atoms with Gasteiger partial charge in [0, 0.05) is 12.0 Å². The zero-order valence-corrected chi connectivity index (χ0v) is 11.9. The fourth-order valence-electron chi connectivity index (χ4n) is 1.59. The lowest BCUT2D eigenvalue weighted by molar-refractivity contribution is 0.102. The van der Waals surface area contributed by atoms with Crippen LogP contribution in [0, 0.1) is 0 Å². The molecule has 0 aliphatic heterocycles. The molecule has 1 aromatic carbocycles. The van der Waals surface area contributed by atoms with Crippen LogP contribution in [-0.4, -0.2) is 29.3 Å². The van der Waals surface area contributed by atoms with E-state index >= 15 is 0 Å². The van der Waals surface area contributed by atoms with Crippen LogP contribution in [-0.2, 0) is 6.42 Å². The molecule has 0 saturated carbocycles. The first-order valence-corrected chi connectivity index (χ1v) is 7.11. The van der Waals surface area contributed by atoms with Gasteiger partial charge >= 0.3 is 0 Å². The van der Waals surface area contributed by atoms with E-state index < -0.39 is 0 Å². The predicted molar refractivity (Wildman–Crippen MR) is 78.2 cm³/mol. The molecule has 7 heteroatoms. The minimum atomic E-state index is -0.234. The number of benzene rings is 1. The Balaban J connectivity index is 2.05. The highest BCUT2D eigenvalue weighted by Gasteiger charge is 2.10. The monoisotopic (exact) mass is 292 g/mol. The molecule has 1 aromatic heterocycles. The molecule has 0 radical (unpaired) electrons. The number of anilines is 1. The van der Waals surface area contributed by atoms with Gasteiger partial charge in [-0.25, -0.2) is 0 Å². The van der Waals surface area contributed by atoms with E-state index in [0.717, 1.165) is 5.01 Å². The average Bonchev–Trinajstić information content (AvgIpc) is 2.87. The summed E-state index contributed by atoms with van der Waals surface area (Å²) in [6.07, 6.45) is 0.660. The molecular formula is C13H16N4O2S. The van der Waals surface area contributed by atoms with Crippen LogP contribution in [0.25, 0.3) is 0 Å². The van der Waals surface area contributed by atoms with Crippen molar-refractivity contribution < 1.29 is 9.53 Å². The third kappa shape index (κ3) is 3.75. The topological polar surface area (TPSA) is 90.1 Å². The Morgan fingerprint density at radius 1 is 1.45 bits per heavy atom. The minimum absolute atomic E-state index is 0.234. The van der Waals surface area contributed by atoms with E-state index in [1.165, 1.54) is 11.3 Å². The molecule has 0 fully saturated rings. The van der Waals surface area contributed by atoms with Crippen molar-refractivity contribution >= 4 is 22.4 Å². The van der Waals surface area contributed by atoms with Crippen molar-refractivity contribution in [3.8, 4) is 5.75 Å². The van der Waals surface area contributed by atoms with Gasteiger partial charge < -0.3 is 10.5 Å². The van der Waals surface area contributed by atoms with E-state index in [0.29, 0.717) is 36.0 Å². The SMILES string of the molecule is CCOc1cccc(C(=O)Nc2nnc(CCN)s2)c1. The van der Waals surface area contributed by atoms with Gasteiger partial charge in [-0.05, 0) is 31.7 Å². The zero-order valence-electron chi connectivity index (χ0n) is 11.1. The van der Waals surface area contributed by atoms with Crippen molar-refractivity contribution in [3.63, 3.8) is 0 Å². The number of amides is 1. The number of nitrogens with zero attached hydrogens (tertiary/aromatic N) is 2. The summed E-state index contributed by atoms with van der Waals surface area (Å²) in [6.45, 7) is 2.97. The van der Waals surface area contributed by atoms with Gasteiger partial charge in [0.05, 0.1) is 6.61 Å². The largest absolute Gasteiger partial charge is 0.494 e. The van der Waals surface area contributed by atoms with Gasteiger partial charge in [-0.15, -0.1) is 10.2 Å². The second-order valence-corrected chi connectivity index (χ2v) is 5.02. The third-order valence-corrected chi connectivity index (χ3v) is 3.35. The lowest BCUT2D eigenvalue weighted by Crippen LogP contribution is -2.11. The van der Waals surface area contributed by atoms with Crippen LogP contribution in [0.3, 0.4) is 0 Å². The number of carbonyl (C=O) groups excluding carboxylic acids is 1. The molecule has 20 heavy (non-hydrogen) atoms. The van der Waals surface area contributed by atoms with E-state index in [-0.39, 0.29) is 5.91 Å². The van der Waals surface area contributed by atoms with Gasteiger partial charge in [0.1, 0.15) is 10.8 Å². The Bertz CT molecular complexity index is 585. The van der Waals surface area contributed by atoms with Crippen LogP contribution >= 0.6 is 11.3 Å². The lowest BCUT2D eigenvalue weighted by Gasteiger charge is -2.05. The summed E-state index contributed by atoms with van der Waals surface area (Å²) in [6, 6.07) is 7.00. The summed E-state index contributed by atoms with van der Waals surface area (Å²) in [5, 5.41) is 11.9. The quantitative estimate of drug-likeness (QED) is 0.845. The van der Waals surface area contributed by atoms with Crippen LogP contribution in [0.15, 0.2) is 24.3 Å². The van der Waals surface area contributed by atoms with Crippen molar-refractivity contribution in [3.05, 3.63) is 34.8 Å². The molecule has 2 aromatic rings. The molecule has 1 amide bonds. The molecule has 0 atom stereocenters. The molecule has 0 aliphatic rings. The standard InChI is InChI=1S/C13H16N4O2S/c1-2-19-10-5-3-4-9(8-10)12(18)15-13-17-16-11(20-13)6-7-14/h3-5,8H,2,6-7,14H2,1H3,(H,15,17,18). The Hall–Kier alpha value is -1.99. The molecule has 0 spiro atoms. The first-order chi connectivity index (χ1) is 9.72. The van der Waals surface area contributed by atoms with Gasteiger partial charge in [-0.1, -0.05) is 17.4 Å². The highest BCUT2D eigenvalue weighted by atomic mass is 32.1. The molecule has 0 saturated heterocycles. The first kappa shape index (κ1) is 14.4. The van der Waals surface area contributed by atoms with Crippen molar-refractivity contribution in [1.82, 2.24) is 10.2 Å². The molecule has 0 unspecified atom stereocenters. The second kappa shape index (κ2) is 6.97. The third-order valence-electron chi connectivity index (χ3n) is 2.45. The molecule has 0 bridgehead atoms. The molecular weight excluding hydrogens is 276 g/mol. The fraction of sp³-hybridized carbons (Fsp3) is 0.308. The van der Waals surface area contributed by atoms with Crippen molar-refractivity contribution in [2.75, 3.05) is 18.5 Å². The summed E-state index contributed by atoms with van der Waals surface area (Å²) in [4.78, 5) is 12.1. The van der Waals surface area contributed by atoms with Gasteiger partial charge in [0.2, 0.25) is 5.13 Å². The number of hydrogen-bond donors (Lipinski definition) is 2. The highest BCUT2D eigenvalue weighted by Crippen LogP contribution is 2.18. The first-order valence-electron chi connectivity index (χ1n) is 6.29. The van der Waals surface area contributed by atoms with E-state index in [1.807, 2.05) is 13.0 Å². The van der Waals surface area contributed by atoms with Gasteiger partial charge in [-0.3, -0.25) is 10.1 Å². The molecule has 6 nitrogen and oxygen atoms in total. The second-order valence-electron chi connectivity index (χ2n) is 3.95. The van der Waals surface area contributed by atoms with E-state index in [2.05, 4.69) is 15.5 Å². The average molecular weight is 292 g/mol. The summed E-state index contributed by atoms with van der Waals surface area (Å²) in [5.74, 6) is 0.434. The summed E-state index contributed by atoms with van der Waals surface area (Å²) in [5.41, 5.74) is 5.96. The summed E-state index contributed by atoms with van der Waals surface area (Å²) < 4.78 is 5.36. The van der Waals surface area contributed by atoms with Crippen molar-refractivity contribution in [1.29, 1.82) is 0 Å². The zero-order chi connectivity index (χ0) is 14.4. The van der Waals surface area contributed by atoms with Crippen molar-refractivity contribution in [2.45, 2.75) is 13.3 Å². The highest BCUT2D eigenvalue weighted by molar-refractivity contribution is 7.15. The van der Waals surface area contributed by atoms with Gasteiger partial charge in [0.15, 0.2) is 0 Å². The smallest absolute Gasteiger partial charge is 0.257 e. The molecule has 0 aliphatic carbocycles. The molecule has 106 valence electrons. The minimum Gasteiger partial charge on any atom is -0.494 e. The molecule has 2 rings (SSSR count). The number of hydrogen-bond acceptors (Lipinski definition) is 6. The maximum absolute atomic E-state index is 12.1. The van der Waals surface area contributed by atoms with Gasteiger partial charge in [0.25, 0.3) is 5.91 Å². The number of aromatic nitrogens is 2. The normalized spacial score (nSPS) is 10.3. The van der Waals surface area contributed by atoms with Gasteiger partial charge in [-0.2, -0.15) is 0 Å². The Kier molecular flexibility index (Phi) is 5.03. The summed E-state index contributed by atoms with van der Waals surface area (Å²) in [7, 11) is 0. The maximum Gasteiger partial charge on any atom is 0.257 e. The number of rotatable bonds is 6. The number of nitrogens with one attached hydrogen (secondary N) is 1. The number of nitrogens with two attached hydrogens (primary N) is 1. The Labute approximate surface area is 121 Å². The molecule has 1 heterocycles. The Morgan fingerprint density at radius 2 is 2.30 bits per heavy atom. The van der Waals surface area contributed by atoms with E-state index in [4.69, 9.17) is 10.5 Å². The van der Waals surface area contributed by atoms with Crippen molar-refractivity contribution in [2.24, 2.45) is 5.73 Å². The lowest BCUT2D eigenvalue weighted by atomic mass is 10.2. The summed E-state index contributed by atoms with van der Waals surface area (Å²) >= 11 is 1.33. The van der Waals surface area contributed by atoms with Crippen LogP contribution in [0.5, 0.6) is 5.75 Å². The van der Waals surface area contributed by atoms with Crippen LogP contribution in [0.4, 0.5) is 5.13 Å². The van der Waals surface area contributed by atoms with E-state index in [9.17, 15) is 4.79 Å². The molecule has 3 N–H and O–H groups in total. The number of carbonyl (C=O) groups is 1. The fourth-order valence-corrected chi connectivity index (χ4v) is 2.34. The number of ether oxygens (including phenoxy) is 1. The predicted octanol–water partition coefficient (Wildman–Crippen LogP) is 1.69. The van der Waals surface area contributed by atoms with Crippen LogP contribution in [0.1, 0.15) is 22.3 Å². The van der Waals surface area contributed by atoms with Crippen LogP contribution in [0.2, 0.25) is 0 Å².